The van der Waals surface area contributed by atoms with E-state index in [1.807, 2.05) is 0 Å². The van der Waals surface area contributed by atoms with Gasteiger partial charge in [-0.25, -0.2) is 0 Å². The maximum atomic E-state index is 5.76. The smallest absolute Gasteiger partial charge is 0.193 e. The van der Waals surface area contributed by atoms with E-state index in [0.717, 1.165) is 50.6 Å². The van der Waals surface area contributed by atoms with Crippen LogP contribution in [-0.4, -0.2) is 50.8 Å². The number of ether oxygens (including phenoxy) is 1. The zero-order valence-electron chi connectivity index (χ0n) is 14.4. The molecule has 3 fully saturated rings. The first-order valence-corrected chi connectivity index (χ1v) is 9.31. The second kappa shape index (κ2) is 7.20. The SMILES string of the molecule is CCNC(=NCC1(C2CC2)CCC1)N(C)CCOCC1CC1. The van der Waals surface area contributed by atoms with Crippen molar-refractivity contribution in [2.24, 2.45) is 22.2 Å². The lowest BCUT2D eigenvalue weighted by Gasteiger charge is -2.41. The molecule has 0 radical (unpaired) electrons. The van der Waals surface area contributed by atoms with Gasteiger partial charge in [0.15, 0.2) is 5.96 Å². The maximum Gasteiger partial charge on any atom is 0.193 e. The third-order valence-electron chi connectivity index (χ3n) is 5.65. The van der Waals surface area contributed by atoms with Gasteiger partial charge < -0.3 is 15.0 Å². The zero-order valence-corrected chi connectivity index (χ0v) is 14.4. The fraction of sp³-hybridized carbons (Fsp3) is 0.944. The Balaban J connectivity index is 1.45. The molecule has 3 saturated carbocycles. The van der Waals surface area contributed by atoms with E-state index in [2.05, 4.69) is 24.2 Å². The molecule has 0 aromatic rings. The number of aliphatic imine (C=N–C) groups is 1. The molecule has 0 amide bonds. The minimum Gasteiger partial charge on any atom is -0.379 e. The van der Waals surface area contributed by atoms with Crippen molar-refractivity contribution in [2.45, 2.75) is 51.9 Å². The van der Waals surface area contributed by atoms with Crippen LogP contribution in [0.2, 0.25) is 0 Å². The largest absolute Gasteiger partial charge is 0.379 e. The van der Waals surface area contributed by atoms with Crippen LogP contribution in [0, 0.1) is 17.3 Å². The van der Waals surface area contributed by atoms with Crippen LogP contribution < -0.4 is 5.32 Å². The summed E-state index contributed by atoms with van der Waals surface area (Å²) in [5.74, 6) is 2.88. The van der Waals surface area contributed by atoms with Crippen LogP contribution in [0.4, 0.5) is 0 Å². The van der Waals surface area contributed by atoms with Gasteiger partial charge >= 0.3 is 0 Å². The van der Waals surface area contributed by atoms with E-state index >= 15 is 0 Å². The fourth-order valence-corrected chi connectivity index (χ4v) is 3.57. The minimum absolute atomic E-state index is 0.560. The van der Waals surface area contributed by atoms with Crippen molar-refractivity contribution in [2.75, 3.05) is 39.9 Å². The van der Waals surface area contributed by atoms with Crippen LogP contribution in [0.3, 0.4) is 0 Å². The first-order valence-electron chi connectivity index (χ1n) is 9.31. The van der Waals surface area contributed by atoms with Crippen molar-refractivity contribution in [1.29, 1.82) is 0 Å². The van der Waals surface area contributed by atoms with Crippen LogP contribution >= 0.6 is 0 Å². The Kier molecular flexibility index (Phi) is 5.27. The number of nitrogens with zero attached hydrogens (tertiary/aromatic N) is 2. The number of hydrogen-bond acceptors (Lipinski definition) is 2. The summed E-state index contributed by atoms with van der Waals surface area (Å²) in [7, 11) is 2.13. The Hall–Kier alpha value is -0.770. The normalized spacial score (nSPS) is 24.0. The molecule has 3 aliphatic carbocycles. The zero-order chi connectivity index (χ0) is 15.4. The third-order valence-corrected chi connectivity index (χ3v) is 5.65. The van der Waals surface area contributed by atoms with E-state index in [4.69, 9.17) is 9.73 Å². The molecule has 0 spiro atoms. The molecule has 4 nitrogen and oxygen atoms in total. The van der Waals surface area contributed by atoms with Crippen molar-refractivity contribution in [3.8, 4) is 0 Å². The molecule has 0 aromatic carbocycles. The highest BCUT2D eigenvalue weighted by Gasteiger charge is 2.48. The quantitative estimate of drug-likeness (QED) is 0.404. The first-order chi connectivity index (χ1) is 10.7. The van der Waals surface area contributed by atoms with Crippen molar-refractivity contribution in [1.82, 2.24) is 10.2 Å². The predicted octanol–water partition coefficient (Wildman–Crippen LogP) is 2.89. The topological polar surface area (TPSA) is 36.9 Å². The average Bonchev–Trinajstić information content (AvgIpc) is 3.34. The van der Waals surface area contributed by atoms with Crippen molar-refractivity contribution in [3.05, 3.63) is 0 Å². The second-order valence-electron chi connectivity index (χ2n) is 7.60. The van der Waals surface area contributed by atoms with Crippen LogP contribution in [0.5, 0.6) is 0 Å². The van der Waals surface area contributed by atoms with Gasteiger partial charge in [0.05, 0.1) is 6.61 Å². The summed E-state index contributed by atoms with van der Waals surface area (Å²) in [5.41, 5.74) is 0.560. The van der Waals surface area contributed by atoms with Crippen LogP contribution in [-0.2, 0) is 4.74 Å². The predicted molar refractivity (Wildman–Crippen MR) is 91.2 cm³/mol. The average molecular weight is 307 g/mol. The van der Waals surface area contributed by atoms with E-state index in [9.17, 15) is 0 Å². The molecule has 0 aromatic heterocycles. The highest BCUT2D eigenvalue weighted by atomic mass is 16.5. The molecule has 0 atom stereocenters. The van der Waals surface area contributed by atoms with Gasteiger partial charge in [0.2, 0.25) is 0 Å². The lowest BCUT2D eigenvalue weighted by molar-refractivity contribution is 0.110. The van der Waals surface area contributed by atoms with Crippen LogP contribution in [0.15, 0.2) is 4.99 Å². The summed E-state index contributed by atoms with van der Waals surface area (Å²) in [6, 6.07) is 0. The molecule has 3 rings (SSSR count). The molecule has 0 aliphatic heterocycles. The summed E-state index contributed by atoms with van der Waals surface area (Å²) < 4.78 is 5.76. The van der Waals surface area contributed by atoms with Gasteiger partial charge in [0.1, 0.15) is 0 Å². The Morgan fingerprint density at radius 3 is 2.59 bits per heavy atom. The molecule has 126 valence electrons. The van der Waals surface area contributed by atoms with Crippen LogP contribution in [0.25, 0.3) is 0 Å². The Morgan fingerprint density at radius 1 is 1.27 bits per heavy atom. The Bertz CT molecular complexity index is 384. The second-order valence-corrected chi connectivity index (χ2v) is 7.60. The Labute approximate surface area is 135 Å². The van der Waals surface area contributed by atoms with E-state index in [1.165, 1.54) is 44.9 Å². The lowest BCUT2D eigenvalue weighted by Crippen LogP contribution is -2.42. The summed E-state index contributed by atoms with van der Waals surface area (Å²) >= 11 is 0. The highest BCUT2D eigenvalue weighted by Crippen LogP contribution is 2.57. The fourth-order valence-electron chi connectivity index (χ4n) is 3.57. The van der Waals surface area contributed by atoms with Crippen molar-refractivity contribution >= 4 is 5.96 Å². The lowest BCUT2D eigenvalue weighted by atomic mass is 9.65. The summed E-state index contributed by atoms with van der Waals surface area (Å²) in [6.45, 7) is 6.79. The molecular formula is C18H33N3O. The summed E-state index contributed by atoms with van der Waals surface area (Å²) in [4.78, 5) is 7.20. The standard InChI is InChI=1S/C18H33N3O/c1-3-19-17(21(2)11-12-22-13-15-5-6-15)20-14-18(9-4-10-18)16-7-8-16/h15-16H,3-14H2,1-2H3,(H,19,20). The summed E-state index contributed by atoms with van der Waals surface area (Å²) in [6.07, 6.45) is 9.82. The van der Waals surface area contributed by atoms with Crippen molar-refractivity contribution in [3.63, 3.8) is 0 Å². The Morgan fingerprint density at radius 2 is 2.05 bits per heavy atom. The molecule has 0 heterocycles. The van der Waals surface area contributed by atoms with Gasteiger partial charge in [-0.15, -0.1) is 0 Å². The molecule has 0 saturated heterocycles. The van der Waals surface area contributed by atoms with Gasteiger partial charge in [-0.3, -0.25) is 4.99 Å². The van der Waals surface area contributed by atoms with Gasteiger partial charge in [-0.2, -0.15) is 0 Å². The minimum atomic E-state index is 0.560. The molecule has 22 heavy (non-hydrogen) atoms. The number of nitrogens with one attached hydrogen (secondary N) is 1. The molecular weight excluding hydrogens is 274 g/mol. The van der Waals surface area contributed by atoms with E-state index < -0.39 is 0 Å². The number of likely N-dealkylation sites (N-methyl/N-ethyl adjacent to an activating group) is 1. The van der Waals surface area contributed by atoms with Crippen LogP contribution in [0.1, 0.15) is 51.9 Å². The molecule has 4 heteroatoms. The summed E-state index contributed by atoms with van der Waals surface area (Å²) in [5, 5.41) is 3.44. The van der Waals surface area contributed by atoms with E-state index in [1.54, 1.807) is 0 Å². The number of guanidine groups is 1. The van der Waals surface area contributed by atoms with Gasteiger partial charge in [0.25, 0.3) is 0 Å². The maximum absolute atomic E-state index is 5.76. The van der Waals surface area contributed by atoms with Gasteiger partial charge in [0, 0.05) is 33.3 Å². The molecule has 3 aliphatic rings. The van der Waals surface area contributed by atoms with Gasteiger partial charge in [-0.1, -0.05) is 6.42 Å². The number of rotatable bonds is 9. The van der Waals surface area contributed by atoms with E-state index in [-0.39, 0.29) is 0 Å². The van der Waals surface area contributed by atoms with Crippen molar-refractivity contribution < 1.29 is 4.74 Å². The molecule has 1 N–H and O–H groups in total. The third kappa shape index (κ3) is 4.15. The molecule has 0 bridgehead atoms. The van der Waals surface area contributed by atoms with E-state index in [0.29, 0.717) is 5.41 Å². The monoisotopic (exact) mass is 307 g/mol. The van der Waals surface area contributed by atoms with Gasteiger partial charge in [-0.05, 0) is 62.7 Å². The number of hydrogen-bond donors (Lipinski definition) is 1. The first kappa shape index (κ1) is 16.1. The molecule has 0 unspecified atom stereocenters. The highest BCUT2D eigenvalue weighted by molar-refractivity contribution is 5.79.